The van der Waals surface area contributed by atoms with Crippen molar-refractivity contribution in [2.45, 2.75) is 0 Å². The second kappa shape index (κ2) is 6.85. The molecular formula is C13H12N6O3. The molecule has 1 aromatic carbocycles. The van der Waals surface area contributed by atoms with E-state index in [9.17, 15) is 4.79 Å². The van der Waals surface area contributed by atoms with Gasteiger partial charge in [-0.2, -0.15) is 10.5 Å². The average molecular weight is 300 g/mol. The zero-order chi connectivity index (χ0) is 15.9. The number of ether oxygens (including phenoxy) is 2. The average Bonchev–Trinajstić information content (AvgIpc) is 3.09. The van der Waals surface area contributed by atoms with Crippen LogP contribution in [0.5, 0.6) is 5.75 Å². The number of nitriles is 1. The zero-order valence-corrected chi connectivity index (χ0v) is 11.8. The van der Waals surface area contributed by atoms with E-state index in [1.807, 2.05) is 6.07 Å². The number of aromatic amines is 1. The van der Waals surface area contributed by atoms with Crippen molar-refractivity contribution >= 4 is 17.2 Å². The largest absolute Gasteiger partial charge is 0.495 e. The van der Waals surface area contributed by atoms with Crippen molar-refractivity contribution in [3.05, 3.63) is 35.8 Å². The molecule has 1 heterocycles. The molecule has 2 N–H and O–H groups in total. The van der Waals surface area contributed by atoms with Crippen LogP contribution in [-0.4, -0.2) is 40.8 Å². The summed E-state index contributed by atoms with van der Waals surface area (Å²) < 4.78 is 9.86. The zero-order valence-electron chi connectivity index (χ0n) is 11.8. The first kappa shape index (κ1) is 15.0. The fourth-order valence-electron chi connectivity index (χ4n) is 1.64. The molecule has 0 fully saturated rings. The van der Waals surface area contributed by atoms with Crippen LogP contribution in [-0.2, 0) is 4.74 Å². The molecule has 0 saturated carbocycles. The molecule has 0 spiro atoms. The molecule has 22 heavy (non-hydrogen) atoms. The molecule has 1 aromatic heterocycles. The lowest BCUT2D eigenvalue weighted by molar-refractivity contribution is 0.0601. The van der Waals surface area contributed by atoms with Crippen LogP contribution in [0.1, 0.15) is 16.2 Å². The third-order valence-corrected chi connectivity index (χ3v) is 2.70. The third-order valence-electron chi connectivity index (χ3n) is 2.70. The van der Waals surface area contributed by atoms with Gasteiger partial charge in [-0.05, 0) is 23.4 Å². The maximum absolute atomic E-state index is 11.6. The Kier molecular flexibility index (Phi) is 4.66. The van der Waals surface area contributed by atoms with Gasteiger partial charge >= 0.3 is 5.97 Å². The maximum Gasteiger partial charge on any atom is 0.337 e. The Morgan fingerprint density at radius 3 is 2.86 bits per heavy atom. The van der Waals surface area contributed by atoms with Gasteiger partial charge < -0.3 is 14.8 Å². The first-order valence-electron chi connectivity index (χ1n) is 6.06. The molecule has 0 bridgehead atoms. The minimum absolute atomic E-state index is 0.151. The number of H-pyrrole nitrogens is 1. The molecule has 2 aromatic rings. The van der Waals surface area contributed by atoms with Crippen molar-refractivity contribution in [3.63, 3.8) is 0 Å². The molecule has 2 rings (SSSR count). The molecule has 0 amide bonds. The number of rotatable bonds is 5. The molecule has 112 valence electrons. The lowest BCUT2D eigenvalue weighted by atomic mass is 10.2. The molecule has 9 heteroatoms. The monoisotopic (exact) mass is 300 g/mol. The van der Waals surface area contributed by atoms with Crippen LogP contribution in [0.2, 0.25) is 0 Å². The van der Waals surface area contributed by atoms with Gasteiger partial charge in [0.25, 0.3) is 0 Å². The number of methoxy groups -OCH3 is 2. The summed E-state index contributed by atoms with van der Waals surface area (Å²) >= 11 is 0. The van der Waals surface area contributed by atoms with Gasteiger partial charge in [-0.3, -0.25) is 0 Å². The first-order valence-corrected chi connectivity index (χ1v) is 6.06. The number of hydrogen-bond donors (Lipinski definition) is 2. The number of allylic oxidation sites excluding steroid dienone is 1. The molecular weight excluding hydrogens is 288 g/mol. The van der Waals surface area contributed by atoms with Gasteiger partial charge in [-0.1, -0.05) is 0 Å². The highest BCUT2D eigenvalue weighted by Gasteiger charge is 2.11. The summed E-state index contributed by atoms with van der Waals surface area (Å²) in [5, 5.41) is 25.1. The lowest BCUT2D eigenvalue weighted by Crippen LogP contribution is -2.03. The van der Waals surface area contributed by atoms with Gasteiger partial charge in [0.2, 0.25) is 5.82 Å². The van der Waals surface area contributed by atoms with Crippen molar-refractivity contribution in [1.82, 2.24) is 20.6 Å². The maximum atomic E-state index is 11.6. The molecule has 0 radical (unpaired) electrons. The number of nitrogens with one attached hydrogen (secondary N) is 2. The number of benzene rings is 1. The third kappa shape index (κ3) is 3.18. The van der Waals surface area contributed by atoms with Gasteiger partial charge in [0.15, 0.2) is 0 Å². The van der Waals surface area contributed by atoms with Crippen molar-refractivity contribution in [3.8, 4) is 11.8 Å². The van der Waals surface area contributed by atoms with Crippen molar-refractivity contribution in [1.29, 1.82) is 5.26 Å². The van der Waals surface area contributed by atoms with Crippen LogP contribution in [0, 0.1) is 11.3 Å². The number of anilines is 1. The summed E-state index contributed by atoms with van der Waals surface area (Å²) in [5.41, 5.74) is 0.998. The van der Waals surface area contributed by atoms with Crippen molar-refractivity contribution in [2.24, 2.45) is 0 Å². The normalized spacial score (nSPS) is 10.7. The Bertz CT molecular complexity index is 733. The summed E-state index contributed by atoms with van der Waals surface area (Å²) in [6.07, 6.45) is 1.39. The van der Waals surface area contributed by atoms with E-state index in [0.717, 1.165) is 0 Å². The Hall–Kier alpha value is -3.41. The molecule has 0 aliphatic carbocycles. The first-order chi connectivity index (χ1) is 10.7. The van der Waals surface area contributed by atoms with Gasteiger partial charge in [-0.15, -0.1) is 10.2 Å². The molecule has 0 unspecified atom stereocenters. The number of hydrogen-bond acceptors (Lipinski definition) is 8. The quantitative estimate of drug-likeness (QED) is 0.618. The van der Waals surface area contributed by atoms with Crippen LogP contribution in [0.4, 0.5) is 5.69 Å². The highest BCUT2D eigenvalue weighted by molar-refractivity contribution is 5.91. The number of aromatic nitrogens is 4. The Labute approximate surface area is 125 Å². The number of carbonyl (C=O) groups is 1. The molecule has 0 atom stereocenters. The van der Waals surface area contributed by atoms with E-state index in [1.54, 1.807) is 18.2 Å². The predicted octanol–water partition coefficient (Wildman–Crippen LogP) is 0.971. The van der Waals surface area contributed by atoms with E-state index in [2.05, 4.69) is 30.7 Å². The van der Waals surface area contributed by atoms with Crippen LogP contribution >= 0.6 is 0 Å². The molecule has 0 aliphatic heterocycles. The SMILES string of the molecule is COC(=O)c1ccc(OC)c(NC=C(C#N)c2nn[nH]n2)c1. The van der Waals surface area contributed by atoms with Crippen LogP contribution < -0.4 is 10.1 Å². The van der Waals surface area contributed by atoms with Crippen LogP contribution in [0.25, 0.3) is 5.57 Å². The van der Waals surface area contributed by atoms with Gasteiger partial charge in [-0.25, -0.2) is 4.79 Å². The number of nitrogens with zero attached hydrogens (tertiary/aromatic N) is 4. The lowest BCUT2D eigenvalue weighted by Gasteiger charge is -2.10. The van der Waals surface area contributed by atoms with Crippen molar-refractivity contribution in [2.75, 3.05) is 19.5 Å². The highest BCUT2D eigenvalue weighted by atomic mass is 16.5. The van der Waals surface area contributed by atoms with E-state index < -0.39 is 5.97 Å². The highest BCUT2D eigenvalue weighted by Crippen LogP contribution is 2.26. The summed E-state index contributed by atoms with van der Waals surface area (Å²) in [7, 11) is 2.79. The van der Waals surface area contributed by atoms with Gasteiger partial charge in [0, 0.05) is 6.20 Å². The number of esters is 1. The second-order valence-electron chi connectivity index (χ2n) is 3.96. The van der Waals surface area contributed by atoms with E-state index in [-0.39, 0.29) is 11.4 Å². The van der Waals surface area contributed by atoms with Gasteiger partial charge in [0.1, 0.15) is 17.4 Å². The smallest absolute Gasteiger partial charge is 0.337 e. The summed E-state index contributed by atoms with van der Waals surface area (Å²) in [6, 6.07) is 6.68. The van der Waals surface area contributed by atoms with Gasteiger partial charge in [0.05, 0.1) is 25.5 Å². The fourth-order valence-corrected chi connectivity index (χ4v) is 1.64. The molecule has 0 saturated heterocycles. The Morgan fingerprint density at radius 2 is 2.27 bits per heavy atom. The molecule has 9 nitrogen and oxygen atoms in total. The van der Waals surface area contributed by atoms with E-state index in [1.165, 1.54) is 20.4 Å². The summed E-state index contributed by atoms with van der Waals surface area (Å²) in [4.78, 5) is 11.6. The minimum atomic E-state index is -0.478. The summed E-state index contributed by atoms with van der Waals surface area (Å²) in [5.74, 6) is 0.167. The Balaban J connectivity index is 2.31. The van der Waals surface area contributed by atoms with E-state index in [0.29, 0.717) is 17.0 Å². The molecule has 0 aliphatic rings. The minimum Gasteiger partial charge on any atom is -0.495 e. The second-order valence-corrected chi connectivity index (χ2v) is 3.96. The van der Waals surface area contributed by atoms with Crippen LogP contribution in [0.3, 0.4) is 0 Å². The summed E-state index contributed by atoms with van der Waals surface area (Å²) in [6.45, 7) is 0. The van der Waals surface area contributed by atoms with Crippen molar-refractivity contribution < 1.29 is 14.3 Å². The van der Waals surface area contributed by atoms with E-state index in [4.69, 9.17) is 10.00 Å². The number of tetrazole rings is 1. The number of carbonyl (C=O) groups excluding carboxylic acids is 1. The standard InChI is InChI=1S/C13H12N6O3/c1-21-11-4-3-8(13(20)22-2)5-10(11)15-7-9(6-14)12-16-18-19-17-12/h3-5,7,15H,1-2H3,(H,16,17,18,19). The predicted molar refractivity (Wildman–Crippen MR) is 75.7 cm³/mol. The van der Waals surface area contributed by atoms with Crippen LogP contribution in [0.15, 0.2) is 24.4 Å². The topological polar surface area (TPSA) is 126 Å². The van der Waals surface area contributed by atoms with E-state index >= 15 is 0 Å². The Morgan fingerprint density at radius 1 is 1.45 bits per heavy atom. The fraction of sp³-hybridized carbons (Fsp3) is 0.154.